The minimum Gasteiger partial charge on any atom is -0.726 e. The fraction of sp³-hybridized carbons (Fsp3) is 0.278. The fourth-order valence-electron chi connectivity index (χ4n) is 8.82. The lowest BCUT2D eigenvalue weighted by Gasteiger charge is -2.24. The molecule has 0 aliphatic carbocycles. The van der Waals surface area contributed by atoms with Crippen molar-refractivity contribution in [1.82, 2.24) is 0 Å². The molecule has 0 saturated heterocycles. The predicted octanol–water partition coefficient (Wildman–Crippen LogP) is 9.88. The number of likely N-dealkylation sites (N-methyl/N-ethyl adjacent to an activating group) is 1. The van der Waals surface area contributed by atoms with Gasteiger partial charge in [-0.3, -0.25) is 4.18 Å². The van der Waals surface area contributed by atoms with Crippen LogP contribution in [0.2, 0.25) is 0 Å². The summed E-state index contributed by atoms with van der Waals surface area (Å²) in [5, 5.41) is 23.8. The summed E-state index contributed by atoms with van der Waals surface area (Å²) in [5.41, 5.74) is 8.52. The van der Waals surface area contributed by atoms with E-state index in [0.717, 1.165) is 0 Å². The van der Waals surface area contributed by atoms with Gasteiger partial charge in [0.2, 0.25) is 16.1 Å². The van der Waals surface area contributed by atoms with Gasteiger partial charge in [0.25, 0.3) is 11.4 Å². The number of rotatable bonds is 11. The maximum atomic E-state index is 10.5. The molecule has 5 aromatic rings. The first-order valence-electron chi connectivity index (χ1n) is 21.2. The lowest BCUT2D eigenvalue weighted by Crippen LogP contribution is -2.26. The quantitative estimate of drug-likeness (QED) is 0.0315. The van der Waals surface area contributed by atoms with E-state index in [0.29, 0.717) is 6.42 Å². The summed E-state index contributed by atoms with van der Waals surface area (Å²) in [7, 11) is -0.514. The van der Waals surface area contributed by atoms with E-state index in [1.54, 1.807) is 12.1 Å². The highest BCUT2D eigenvalue weighted by molar-refractivity contribution is 7.80. The van der Waals surface area contributed by atoms with Crippen molar-refractivity contribution in [1.29, 1.82) is 10.5 Å². The average molecular weight is 915 g/mol. The zero-order chi connectivity index (χ0) is 48.0. The third kappa shape index (κ3) is 10.3. The SMILES string of the molecule is C.CC(/C=C/C1=[N+](C)c2ccc3ccccc3c2C1(C)C)=C\C=C1/N(C)c2ccc3ccccc3c2C1(C)C.[C-]#[N+]/C(C#N)=c1/cc(OCCOS(=O)(=O)[O-])/c(=C(\C#N)[N+]#[C-])cc1OCCC. The first-order valence-corrected chi connectivity index (χ1v) is 22.6. The average Bonchev–Trinajstić information content (AvgIpc) is 3.62. The smallest absolute Gasteiger partial charge is 0.272 e. The molecular formula is C54H54N6O6S. The molecule has 342 valence electrons. The lowest BCUT2D eigenvalue weighted by molar-refractivity contribution is -0.401. The van der Waals surface area contributed by atoms with Crippen LogP contribution in [-0.2, 0) is 25.4 Å². The Morgan fingerprint density at radius 2 is 1.36 bits per heavy atom. The second kappa shape index (κ2) is 20.8. The number of anilines is 1. The largest absolute Gasteiger partial charge is 0.726 e. The molecule has 0 fully saturated rings. The molecule has 0 radical (unpaired) electrons. The molecule has 0 atom stereocenters. The second-order valence-corrected chi connectivity index (χ2v) is 17.9. The molecule has 0 unspecified atom stereocenters. The molecular weight excluding hydrogens is 861 g/mol. The van der Waals surface area contributed by atoms with Gasteiger partial charge in [0, 0.05) is 52.0 Å². The minimum atomic E-state index is -4.90. The number of hydrogen-bond acceptors (Lipinski definition) is 9. The molecule has 2 aliphatic rings. The predicted molar refractivity (Wildman–Crippen MR) is 265 cm³/mol. The number of nitrogens with zero attached hydrogens (tertiary/aromatic N) is 6. The third-order valence-electron chi connectivity index (χ3n) is 11.9. The van der Waals surface area contributed by atoms with E-state index < -0.39 is 23.6 Å². The standard InChI is InChI=1S/C36H37N2.C17H14N4O6S.CH4/c1-24(16-22-31-35(2,3)33-27-14-10-8-12-25(27)18-20-29(33)37(31)6)17-23-32-36(4,5)34-28-15-11-9-13-26(28)19-21-30(34)38(32)7;1-4-5-25-16-8-13(15(11-19)21-3)17(9-12(16)14(10-18)20-2)26-6-7-27-28(22,23)24;/h8-23H,1-7H3;8-9H,4-7H2,1H3,(H,22,23,24);1H4/q+1;;/p-1/b;14-12-,15-13+;. The van der Waals surface area contributed by atoms with Crippen molar-refractivity contribution in [2.75, 3.05) is 38.8 Å². The number of benzene rings is 5. The summed E-state index contributed by atoms with van der Waals surface area (Å²) in [6.45, 7) is 26.9. The minimum absolute atomic E-state index is 0. The summed E-state index contributed by atoms with van der Waals surface area (Å²) in [6, 6.07) is 32.5. The Balaban J connectivity index is 0.000000260. The maximum absolute atomic E-state index is 10.5. The molecule has 2 aliphatic heterocycles. The van der Waals surface area contributed by atoms with Gasteiger partial charge in [0.15, 0.2) is 5.71 Å². The van der Waals surface area contributed by atoms with Crippen LogP contribution in [0.3, 0.4) is 0 Å². The van der Waals surface area contributed by atoms with Crippen LogP contribution in [0.5, 0.6) is 11.5 Å². The molecule has 7 rings (SSSR count). The van der Waals surface area contributed by atoms with Gasteiger partial charge in [-0.1, -0.05) is 101 Å². The summed E-state index contributed by atoms with van der Waals surface area (Å²) in [5.74, 6) is 0.0428. The second-order valence-electron chi connectivity index (χ2n) is 16.8. The van der Waals surface area contributed by atoms with Gasteiger partial charge >= 0.3 is 0 Å². The van der Waals surface area contributed by atoms with E-state index in [2.05, 4.69) is 169 Å². The Morgan fingerprint density at radius 3 is 1.90 bits per heavy atom. The van der Waals surface area contributed by atoms with Crippen LogP contribution >= 0.6 is 0 Å². The fourth-order valence-corrected chi connectivity index (χ4v) is 9.10. The Morgan fingerprint density at radius 1 is 0.821 bits per heavy atom. The van der Waals surface area contributed by atoms with Gasteiger partial charge in [-0.2, -0.15) is 4.58 Å². The molecule has 0 bridgehead atoms. The van der Waals surface area contributed by atoms with E-state index in [9.17, 15) is 23.5 Å². The van der Waals surface area contributed by atoms with Crippen LogP contribution in [-0.4, -0.2) is 57.2 Å². The summed E-state index contributed by atoms with van der Waals surface area (Å²) in [4.78, 5) is 8.59. The zero-order valence-electron chi connectivity index (χ0n) is 38.3. The molecule has 0 N–H and O–H groups in total. The van der Waals surface area contributed by atoms with Crippen molar-refractivity contribution in [2.24, 2.45) is 0 Å². The maximum Gasteiger partial charge on any atom is 0.272 e. The number of fused-ring (bicyclic) bond motifs is 6. The third-order valence-corrected chi connectivity index (χ3v) is 12.3. The van der Waals surface area contributed by atoms with Crippen molar-refractivity contribution in [3.8, 4) is 23.6 Å². The van der Waals surface area contributed by atoms with E-state index >= 15 is 0 Å². The Bertz CT molecular complexity index is 3290. The summed E-state index contributed by atoms with van der Waals surface area (Å²) >= 11 is 0. The molecule has 5 aromatic carbocycles. The first kappa shape index (κ1) is 50.5. The molecule has 0 aromatic heterocycles. The van der Waals surface area contributed by atoms with Gasteiger partial charge < -0.3 is 18.9 Å². The number of ether oxygens (including phenoxy) is 2. The highest BCUT2D eigenvalue weighted by Crippen LogP contribution is 2.50. The van der Waals surface area contributed by atoms with Crippen molar-refractivity contribution >= 4 is 60.4 Å². The van der Waals surface area contributed by atoms with E-state index in [4.69, 9.17) is 22.6 Å². The highest BCUT2D eigenvalue weighted by atomic mass is 32.3. The van der Waals surface area contributed by atoms with Crippen molar-refractivity contribution in [2.45, 2.75) is 66.2 Å². The Kier molecular flexibility index (Phi) is 15.6. The molecule has 2 heterocycles. The summed E-state index contributed by atoms with van der Waals surface area (Å²) < 4.78 is 48.7. The number of nitriles is 2. The molecule has 0 amide bonds. The van der Waals surface area contributed by atoms with Crippen molar-refractivity contribution in [3.05, 3.63) is 165 Å². The molecule has 67 heavy (non-hydrogen) atoms. The van der Waals surface area contributed by atoms with Gasteiger partial charge in [-0.25, -0.2) is 28.6 Å². The number of hydrogen-bond donors (Lipinski definition) is 0. The van der Waals surface area contributed by atoms with Gasteiger partial charge in [0.1, 0.15) is 25.2 Å². The van der Waals surface area contributed by atoms with E-state index in [1.165, 1.54) is 73.2 Å². The van der Waals surface area contributed by atoms with Crippen molar-refractivity contribution in [3.63, 3.8) is 0 Å². The topological polar surface area (TPSA) is 147 Å². The van der Waals surface area contributed by atoms with Crippen LogP contribution in [0.25, 0.3) is 42.6 Å². The van der Waals surface area contributed by atoms with Gasteiger partial charge in [-0.15, -0.1) is 0 Å². The normalized spacial score (nSPS) is 16.2. The molecule has 13 heteroatoms. The number of allylic oxidation sites excluding steroid dienone is 6. The van der Waals surface area contributed by atoms with E-state index in [-0.39, 0.29) is 58.2 Å². The van der Waals surface area contributed by atoms with Crippen molar-refractivity contribution < 1.29 is 31.2 Å². The monoisotopic (exact) mass is 914 g/mol. The molecule has 0 saturated carbocycles. The highest BCUT2D eigenvalue weighted by Gasteiger charge is 2.44. The van der Waals surface area contributed by atoms with Crippen LogP contribution in [0.15, 0.2) is 121 Å². The Labute approximate surface area is 394 Å². The van der Waals surface area contributed by atoms with Crippen LogP contribution in [0.1, 0.15) is 66.5 Å². The van der Waals surface area contributed by atoms with Crippen LogP contribution in [0.4, 0.5) is 11.4 Å². The van der Waals surface area contributed by atoms with Crippen LogP contribution in [0, 0.1) is 35.8 Å². The van der Waals surface area contributed by atoms with E-state index in [1.807, 2.05) is 6.92 Å². The van der Waals surface area contributed by atoms with Gasteiger partial charge in [-0.05, 0) is 84.6 Å². The van der Waals surface area contributed by atoms with Gasteiger partial charge in [0.05, 0.1) is 43.9 Å². The first-order chi connectivity index (χ1) is 31.4. The molecule has 0 spiro atoms. The summed E-state index contributed by atoms with van der Waals surface area (Å²) in [6.07, 6.45) is 9.79. The molecule has 12 nitrogen and oxygen atoms in total. The zero-order valence-corrected chi connectivity index (χ0v) is 39.1. The lowest BCUT2D eigenvalue weighted by atomic mass is 9.79. The Hall–Kier alpha value is -7.52. The van der Waals surface area contributed by atoms with Crippen LogP contribution < -0.4 is 24.8 Å².